The van der Waals surface area contributed by atoms with Gasteiger partial charge in [-0.3, -0.25) is 0 Å². The fourth-order valence-electron chi connectivity index (χ4n) is 3.08. The van der Waals surface area contributed by atoms with Crippen LogP contribution in [0, 0.1) is 0 Å². The van der Waals surface area contributed by atoms with Crippen LogP contribution in [0.25, 0.3) is 10.9 Å². The monoisotopic (exact) mass is 406 g/mol. The van der Waals surface area contributed by atoms with Gasteiger partial charge in [0, 0.05) is 17.1 Å². The summed E-state index contributed by atoms with van der Waals surface area (Å²) < 4.78 is 5.21. The molecule has 3 aromatic carbocycles. The first-order valence-corrected chi connectivity index (χ1v) is 9.22. The van der Waals surface area contributed by atoms with E-state index in [1.54, 1.807) is 7.11 Å². The average Bonchev–Trinajstić information content (AvgIpc) is 2.75. The summed E-state index contributed by atoms with van der Waals surface area (Å²) in [5.74, 6) is 2.16. The lowest BCUT2D eigenvalue weighted by molar-refractivity contribution is 0.415. The predicted octanol–water partition coefficient (Wildman–Crippen LogP) is 5.98. The highest BCUT2D eigenvalue weighted by Crippen LogP contribution is 2.27. The van der Waals surface area contributed by atoms with Crippen LogP contribution in [0.15, 0.2) is 78.9 Å². The van der Waals surface area contributed by atoms with E-state index in [1.807, 2.05) is 66.7 Å². The van der Waals surface area contributed by atoms with Crippen LogP contribution < -0.4 is 15.4 Å². The summed E-state index contributed by atoms with van der Waals surface area (Å²) in [7, 11) is 1.65. The van der Waals surface area contributed by atoms with E-state index in [-0.39, 0.29) is 18.4 Å². The molecule has 0 saturated carbocycles. The largest absolute Gasteiger partial charge is 0.497 e. The number of rotatable bonds is 6. The molecule has 0 spiro atoms. The maximum absolute atomic E-state index is 5.21. The van der Waals surface area contributed by atoms with E-state index in [0.29, 0.717) is 5.95 Å². The number of halogens is 1. The molecule has 4 rings (SSSR count). The third-order valence-electron chi connectivity index (χ3n) is 4.60. The first kappa shape index (κ1) is 20.4. The highest BCUT2D eigenvalue weighted by molar-refractivity contribution is 5.90. The number of nitrogens with one attached hydrogen (secondary N) is 2. The van der Waals surface area contributed by atoms with Crippen LogP contribution in [0.4, 0.5) is 17.5 Å². The second-order valence-electron chi connectivity index (χ2n) is 6.54. The van der Waals surface area contributed by atoms with Crippen molar-refractivity contribution in [3.05, 3.63) is 84.4 Å². The minimum atomic E-state index is 0. The van der Waals surface area contributed by atoms with Gasteiger partial charge in [0.2, 0.25) is 5.95 Å². The number of hydrogen-bond acceptors (Lipinski definition) is 5. The average molecular weight is 407 g/mol. The Hall–Kier alpha value is -3.31. The SMILES string of the molecule is COc1ccc(Nc2nc(N[C@@H](C)c3ccccc3)c3ccccc3n2)cc1.Cl. The molecule has 0 radical (unpaired) electrons. The number of benzene rings is 3. The maximum atomic E-state index is 5.21. The molecule has 0 unspecified atom stereocenters. The van der Waals surface area contributed by atoms with Crippen LogP contribution in [0.3, 0.4) is 0 Å². The molecule has 1 heterocycles. The first-order valence-electron chi connectivity index (χ1n) is 9.22. The summed E-state index contributed by atoms with van der Waals surface area (Å²) in [6.45, 7) is 2.13. The predicted molar refractivity (Wildman–Crippen MR) is 122 cm³/mol. The smallest absolute Gasteiger partial charge is 0.229 e. The van der Waals surface area contributed by atoms with Crippen molar-refractivity contribution in [3.8, 4) is 5.75 Å². The van der Waals surface area contributed by atoms with Crippen LogP contribution in [0.2, 0.25) is 0 Å². The number of methoxy groups -OCH3 is 1. The van der Waals surface area contributed by atoms with Gasteiger partial charge < -0.3 is 15.4 Å². The lowest BCUT2D eigenvalue weighted by atomic mass is 10.1. The molecule has 0 fully saturated rings. The fourth-order valence-corrected chi connectivity index (χ4v) is 3.08. The van der Waals surface area contributed by atoms with Crippen LogP contribution in [-0.4, -0.2) is 17.1 Å². The Morgan fingerprint density at radius 3 is 2.24 bits per heavy atom. The molecule has 148 valence electrons. The minimum Gasteiger partial charge on any atom is -0.497 e. The van der Waals surface area contributed by atoms with Gasteiger partial charge in [-0.2, -0.15) is 4.98 Å². The van der Waals surface area contributed by atoms with Gasteiger partial charge in [-0.1, -0.05) is 42.5 Å². The van der Waals surface area contributed by atoms with E-state index in [0.717, 1.165) is 28.2 Å². The maximum Gasteiger partial charge on any atom is 0.229 e. The zero-order valence-electron chi connectivity index (χ0n) is 16.3. The standard InChI is InChI=1S/C23H22N4O.ClH/c1-16(17-8-4-3-5-9-17)24-22-20-10-6-7-11-21(20)26-23(27-22)25-18-12-14-19(28-2)15-13-18;/h3-16H,1-2H3,(H2,24,25,26,27);1H/t16-;/m0./s1. The number of para-hydroxylation sites is 1. The molecule has 29 heavy (non-hydrogen) atoms. The summed E-state index contributed by atoms with van der Waals surface area (Å²) in [5, 5.41) is 7.81. The van der Waals surface area contributed by atoms with Crippen LogP contribution in [0.1, 0.15) is 18.5 Å². The van der Waals surface area contributed by atoms with E-state index in [2.05, 4.69) is 34.7 Å². The summed E-state index contributed by atoms with van der Waals surface area (Å²) in [4.78, 5) is 9.40. The molecule has 0 aliphatic rings. The highest BCUT2D eigenvalue weighted by Gasteiger charge is 2.11. The topological polar surface area (TPSA) is 59.1 Å². The Bertz CT molecular complexity index is 1070. The van der Waals surface area contributed by atoms with Gasteiger partial charge in [0.15, 0.2) is 0 Å². The molecular weight excluding hydrogens is 384 g/mol. The third-order valence-corrected chi connectivity index (χ3v) is 4.60. The molecule has 2 N–H and O–H groups in total. The van der Waals surface area contributed by atoms with Crippen molar-refractivity contribution in [2.24, 2.45) is 0 Å². The number of nitrogens with zero attached hydrogens (tertiary/aromatic N) is 2. The summed E-state index contributed by atoms with van der Waals surface area (Å²) in [6.07, 6.45) is 0. The van der Waals surface area contributed by atoms with Gasteiger partial charge in [0.05, 0.1) is 12.6 Å². The van der Waals surface area contributed by atoms with Gasteiger partial charge in [-0.25, -0.2) is 4.98 Å². The number of aromatic nitrogens is 2. The van der Waals surface area contributed by atoms with Gasteiger partial charge in [0.1, 0.15) is 11.6 Å². The van der Waals surface area contributed by atoms with Crippen LogP contribution in [0.5, 0.6) is 5.75 Å². The van der Waals surface area contributed by atoms with Crippen molar-refractivity contribution in [1.29, 1.82) is 0 Å². The summed E-state index contributed by atoms with van der Waals surface area (Å²) >= 11 is 0. The van der Waals surface area contributed by atoms with Crippen molar-refractivity contribution >= 4 is 40.8 Å². The van der Waals surface area contributed by atoms with Gasteiger partial charge in [-0.05, 0) is 48.9 Å². The van der Waals surface area contributed by atoms with Gasteiger partial charge in [0.25, 0.3) is 0 Å². The van der Waals surface area contributed by atoms with Crippen molar-refractivity contribution < 1.29 is 4.74 Å². The molecule has 6 heteroatoms. The van der Waals surface area contributed by atoms with E-state index < -0.39 is 0 Å². The normalized spacial score (nSPS) is 11.4. The number of anilines is 3. The Labute approximate surface area is 176 Å². The quantitative estimate of drug-likeness (QED) is 0.412. The Balaban J connectivity index is 0.00000240. The molecule has 4 aromatic rings. The summed E-state index contributed by atoms with van der Waals surface area (Å²) in [6, 6.07) is 26.1. The van der Waals surface area contributed by atoms with E-state index in [4.69, 9.17) is 9.72 Å². The lowest BCUT2D eigenvalue weighted by Gasteiger charge is -2.17. The van der Waals surface area contributed by atoms with E-state index in [1.165, 1.54) is 5.56 Å². The van der Waals surface area contributed by atoms with Crippen LogP contribution >= 0.6 is 12.4 Å². The Morgan fingerprint density at radius 2 is 1.52 bits per heavy atom. The molecule has 5 nitrogen and oxygen atoms in total. The molecule has 1 atom stereocenters. The molecule has 0 aliphatic carbocycles. The van der Waals surface area contributed by atoms with Gasteiger partial charge in [-0.15, -0.1) is 12.4 Å². The third kappa shape index (κ3) is 4.76. The van der Waals surface area contributed by atoms with Crippen molar-refractivity contribution in [2.45, 2.75) is 13.0 Å². The molecule has 0 amide bonds. The van der Waals surface area contributed by atoms with Crippen molar-refractivity contribution in [3.63, 3.8) is 0 Å². The first-order chi connectivity index (χ1) is 13.7. The summed E-state index contributed by atoms with van der Waals surface area (Å²) in [5.41, 5.74) is 2.99. The molecule has 1 aromatic heterocycles. The lowest BCUT2D eigenvalue weighted by Crippen LogP contribution is -2.10. The van der Waals surface area contributed by atoms with Crippen molar-refractivity contribution in [1.82, 2.24) is 9.97 Å². The fraction of sp³-hybridized carbons (Fsp3) is 0.130. The van der Waals surface area contributed by atoms with Crippen molar-refractivity contribution in [2.75, 3.05) is 17.7 Å². The Morgan fingerprint density at radius 1 is 0.828 bits per heavy atom. The van der Waals surface area contributed by atoms with E-state index in [9.17, 15) is 0 Å². The number of ether oxygens (including phenoxy) is 1. The number of hydrogen-bond donors (Lipinski definition) is 2. The molecule has 0 aliphatic heterocycles. The molecular formula is C23H23ClN4O. The second-order valence-corrected chi connectivity index (χ2v) is 6.54. The van der Waals surface area contributed by atoms with E-state index >= 15 is 0 Å². The Kier molecular flexibility index (Phi) is 6.52. The van der Waals surface area contributed by atoms with Gasteiger partial charge >= 0.3 is 0 Å². The highest BCUT2D eigenvalue weighted by atomic mass is 35.5. The second kappa shape index (κ2) is 9.26. The molecule has 0 bridgehead atoms. The zero-order chi connectivity index (χ0) is 19.3. The van der Waals surface area contributed by atoms with Crippen LogP contribution in [-0.2, 0) is 0 Å². The number of fused-ring (bicyclic) bond motifs is 1. The minimum absolute atomic E-state index is 0. The molecule has 0 saturated heterocycles. The zero-order valence-corrected chi connectivity index (χ0v) is 17.1.